The molecule has 3 heteroatoms. The maximum absolute atomic E-state index is 5.85. The van der Waals surface area contributed by atoms with Crippen molar-refractivity contribution in [3.63, 3.8) is 0 Å². The van der Waals surface area contributed by atoms with Gasteiger partial charge in [-0.1, -0.05) is 41.5 Å². The second-order valence-corrected chi connectivity index (χ2v) is 7.64. The summed E-state index contributed by atoms with van der Waals surface area (Å²) in [6.07, 6.45) is 2.33. The molecular formula is C12H22OP2. The maximum atomic E-state index is 5.85. The van der Waals surface area contributed by atoms with Crippen LogP contribution in [0.1, 0.15) is 64.9 Å². The fourth-order valence-electron chi connectivity index (χ4n) is 1.08. The summed E-state index contributed by atoms with van der Waals surface area (Å²) in [5.41, 5.74) is 1.79. The molecule has 1 aromatic heterocycles. The highest BCUT2D eigenvalue weighted by Gasteiger charge is 2.28. The predicted molar refractivity (Wildman–Crippen MR) is 70.4 cm³/mol. The predicted octanol–water partition coefficient (Wildman–Crippen LogP) is 5.82. The summed E-state index contributed by atoms with van der Waals surface area (Å²) in [5, 5.41) is 1.52. The zero-order chi connectivity index (χ0) is 11.7. The Hall–Kier alpha value is 0.140. The second-order valence-electron chi connectivity index (χ2n) is 5.40. The lowest BCUT2D eigenvalue weighted by Gasteiger charge is -2.20. The first-order valence-corrected chi connectivity index (χ1v) is 7.39. The highest BCUT2D eigenvalue weighted by molar-refractivity contribution is 7.46. The van der Waals surface area contributed by atoms with E-state index in [-0.39, 0.29) is 5.41 Å². The van der Waals surface area contributed by atoms with Gasteiger partial charge in [0.2, 0.25) is 0 Å². The van der Waals surface area contributed by atoms with Crippen LogP contribution in [0, 0.1) is 0 Å². The maximum Gasteiger partial charge on any atom is 0.140 e. The molecule has 0 atom stereocenters. The molecule has 1 heterocycles. The summed E-state index contributed by atoms with van der Waals surface area (Å²) >= 11 is 0. The van der Waals surface area contributed by atoms with E-state index in [1.165, 1.54) is 25.1 Å². The lowest BCUT2D eigenvalue weighted by atomic mass is 9.92. The SMILES string of the molecule is CCC(C)(C)c1opc(C(C)(C)CC)p1. The minimum absolute atomic E-state index is 0.222. The van der Waals surface area contributed by atoms with E-state index in [1.807, 2.05) is 0 Å². The quantitative estimate of drug-likeness (QED) is 0.650. The number of hydrogen-bond donors (Lipinski definition) is 0. The van der Waals surface area contributed by atoms with Crippen molar-refractivity contribution in [1.82, 2.24) is 0 Å². The lowest BCUT2D eigenvalue weighted by Crippen LogP contribution is -2.13. The van der Waals surface area contributed by atoms with Crippen LogP contribution in [-0.4, -0.2) is 0 Å². The Morgan fingerprint density at radius 1 is 1.00 bits per heavy atom. The standard InChI is InChI=1S/C12H22OP2/c1-7-11(3,4)9-13-15-10(14-9)12(5,6)8-2/h7-8H2,1-6H3. The third-order valence-electron chi connectivity index (χ3n) is 3.38. The van der Waals surface area contributed by atoms with E-state index in [9.17, 15) is 0 Å². The molecule has 1 aromatic rings. The molecule has 0 radical (unpaired) electrons. The van der Waals surface area contributed by atoms with Crippen LogP contribution in [0.3, 0.4) is 0 Å². The molecule has 0 aromatic carbocycles. The van der Waals surface area contributed by atoms with Crippen molar-refractivity contribution in [2.75, 3.05) is 0 Å². The summed E-state index contributed by atoms with van der Waals surface area (Å²) < 4.78 is 5.85. The Morgan fingerprint density at radius 3 is 2.00 bits per heavy atom. The Balaban J connectivity index is 3.00. The van der Waals surface area contributed by atoms with E-state index in [1.54, 1.807) is 0 Å². The van der Waals surface area contributed by atoms with Crippen molar-refractivity contribution in [1.29, 1.82) is 0 Å². The first-order chi connectivity index (χ1) is 6.83. The Kier molecular flexibility index (Phi) is 4.01. The molecular weight excluding hydrogens is 222 g/mol. The average molecular weight is 244 g/mol. The third kappa shape index (κ3) is 2.83. The monoisotopic (exact) mass is 244 g/mol. The molecule has 0 aliphatic heterocycles. The van der Waals surface area contributed by atoms with Gasteiger partial charge >= 0.3 is 0 Å². The minimum atomic E-state index is 0.222. The van der Waals surface area contributed by atoms with Crippen molar-refractivity contribution >= 4 is 16.6 Å². The summed E-state index contributed by atoms with van der Waals surface area (Å²) in [7, 11) is 2.43. The molecule has 1 nitrogen and oxygen atoms in total. The van der Waals surface area contributed by atoms with Crippen LogP contribution < -0.4 is 0 Å². The molecule has 0 N–H and O–H groups in total. The van der Waals surface area contributed by atoms with Crippen LogP contribution in [0.5, 0.6) is 0 Å². The van der Waals surface area contributed by atoms with Gasteiger partial charge in [0.1, 0.15) is 13.9 Å². The summed E-state index contributed by atoms with van der Waals surface area (Å²) in [5.74, 6) is 0. The molecule has 0 unspecified atom stereocenters. The van der Waals surface area contributed by atoms with Crippen LogP contribution in [0.4, 0.5) is 0 Å². The van der Waals surface area contributed by atoms with E-state index >= 15 is 0 Å². The van der Waals surface area contributed by atoms with E-state index in [2.05, 4.69) is 41.5 Å². The van der Waals surface area contributed by atoms with Crippen LogP contribution >= 0.6 is 16.6 Å². The van der Waals surface area contributed by atoms with E-state index in [4.69, 9.17) is 4.20 Å². The molecule has 86 valence electrons. The van der Waals surface area contributed by atoms with Crippen molar-refractivity contribution < 1.29 is 4.20 Å². The van der Waals surface area contributed by atoms with Crippen molar-refractivity contribution in [3.05, 3.63) is 10.5 Å². The minimum Gasteiger partial charge on any atom is -0.438 e. The molecule has 0 aliphatic carbocycles. The molecule has 0 fully saturated rings. The van der Waals surface area contributed by atoms with E-state index in [0.29, 0.717) is 5.41 Å². The van der Waals surface area contributed by atoms with Gasteiger partial charge in [-0.05, 0) is 21.0 Å². The van der Waals surface area contributed by atoms with Gasteiger partial charge in [0.25, 0.3) is 0 Å². The zero-order valence-corrected chi connectivity index (χ0v) is 12.5. The van der Waals surface area contributed by atoms with Gasteiger partial charge in [0, 0.05) is 10.8 Å². The summed E-state index contributed by atoms with van der Waals surface area (Å²) in [4.78, 5) is 0. The molecule has 0 saturated heterocycles. The van der Waals surface area contributed by atoms with Gasteiger partial charge in [-0.3, -0.25) is 0 Å². The van der Waals surface area contributed by atoms with Crippen molar-refractivity contribution in [3.8, 4) is 0 Å². The van der Waals surface area contributed by atoms with Crippen molar-refractivity contribution in [2.24, 2.45) is 0 Å². The zero-order valence-electron chi connectivity index (χ0n) is 10.7. The van der Waals surface area contributed by atoms with E-state index < -0.39 is 0 Å². The topological polar surface area (TPSA) is 13.1 Å². The fourth-order valence-corrected chi connectivity index (χ4v) is 3.87. The van der Waals surface area contributed by atoms with Gasteiger partial charge in [-0.25, -0.2) is 0 Å². The van der Waals surface area contributed by atoms with Crippen molar-refractivity contribution in [2.45, 2.75) is 65.2 Å². The third-order valence-corrected chi connectivity index (χ3v) is 6.84. The Morgan fingerprint density at radius 2 is 1.53 bits per heavy atom. The van der Waals surface area contributed by atoms with Gasteiger partial charge in [0.05, 0.1) is 5.03 Å². The Bertz CT molecular complexity index is 296. The van der Waals surface area contributed by atoms with Gasteiger partial charge in [0.15, 0.2) is 0 Å². The van der Waals surface area contributed by atoms with E-state index in [0.717, 1.165) is 14.9 Å². The van der Waals surface area contributed by atoms with Crippen LogP contribution in [0.15, 0.2) is 4.20 Å². The molecule has 15 heavy (non-hydrogen) atoms. The average Bonchev–Trinajstić information content (AvgIpc) is 2.67. The van der Waals surface area contributed by atoms with Crippen LogP contribution in [-0.2, 0) is 10.8 Å². The molecule has 0 spiro atoms. The van der Waals surface area contributed by atoms with Crippen LogP contribution in [0.2, 0.25) is 0 Å². The van der Waals surface area contributed by atoms with Crippen LogP contribution in [0.25, 0.3) is 0 Å². The smallest absolute Gasteiger partial charge is 0.140 e. The number of rotatable bonds is 4. The largest absolute Gasteiger partial charge is 0.438 e. The molecule has 0 saturated carbocycles. The fraction of sp³-hybridized carbons (Fsp3) is 0.833. The summed E-state index contributed by atoms with van der Waals surface area (Å²) in [6, 6.07) is 0. The highest BCUT2D eigenvalue weighted by atomic mass is 31.1. The number of hydrogen-bond acceptors (Lipinski definition) is 1. The second kappa shape index (κ2) is 4.56. The van der Waals surface area contributed by atoms with Gasteiger partial charge < -0.3 is 4.20 Å². The molecule has 0 amide bonds. The first-order valence-electron chi connectivity index (χ1n) is 5.68. The van der Waals surface area contributed by atoms with Gasteiger partial charge in [-0.2, -0.15) is 0 Å². The Labute approximate surface area is 97.0 Å². The normalized spacial score (nSPS) is 14.3. The van der Waals surface area contributed by atoms with Gasteiger partial charge in [-0.15, -0.1) is 0 Å². The molecule has 0 bridgehead atoms. The highest BCUT2D eigenvalue weighted by Crippen LogP contribution is 2.46. The lowest BCUT2D eigenvalue weighted by molar-refractivity contribution is 0.425. The first kappa shape index (κ1) is 13.2. The molecule has 1 rings (SSSR count). The molecule has 0 aliphatic rings. The summed E-state index contributed by atoms with van der Waals surface area (Å²) in [6.45, 7) is 13.6.